The minimum absolute atomic E-state index is 0.0906. The second kappa shape index (κ2) is 6.31. The van der Waals surface area contributed by atoms with Gasteiger partial charge in [-0.25, -0.2) is 0 Å². The van der Waals surface area contributed by atoms with E-state index < -0.39 is 4.92 Å². The van der Waals surface area contributed by atoms with E-state index in [2.05, 4.69) is 0 Å². The highest BCUT2D eigenvalue weighted by Crippen LogP contribution is 2.27. The third-order valence-electron chi connectivity index (χ3n) is 3.53. The number of non-ortho nitro benzene ring substituents is 1. The molecule has 1 aliphatic carbocycles. The van der Waals surface area contributed by atoms with Gasteiger partial charge >= 0.3 is 0 Å². The minimum Gasteiger partial charge on any atom is -0.493 e. The average Bonchev–Trinajstić information content (AvgIpc) is 2.45. The number of nitro groups is 1. The Bertz CT molecular complexity index is 467. The maximum atomic E-state index is 11.0. The van der Waals surface area contributed by atoms with Gasteiger partial charge in [-0.3, -0.25) is 14.9 Å². The minimum atomic E-state index is -0.516. The Kier molecular flexibility index (Phi) is 4.49. The number of hydrogen-bond acceptors (Lipinski definition) is 4. The molecule has 19 heavy (non-hydrogen) atoms. The highest BCUT2D eigenvalue weighted by atomic mass is 16.6. The van der Waals surface area contributed by atoms with Crippen LogP contribution in [-0.2, 0) is 0 Å². The van der Waals surface area contributed by atoms with Crippen molar-refractivity contribution in [2.75, 3.05) is 6.61 Å². The summed E-state index contributed by atoms with van der Waals surface area (Å²) < 4.78 is 5.65. The van der Waals surface area contributed by atoms with Crippen LogP contribution in [0.25, 0.3) is 0 Å². The molecule has 0 amide bonds. The number of rotatable bonds is 5. The fraction of sp³-hybridized carbons (Fsp3) is 0.500. The lowest BCUT2D eigenvalue weighted by molar-refractivity contribution is -0.384. The molecule has 5 heteroatoms. The zero-order chi connectivity index (χ0) is 13.7. The second-order valence-electron chi connectivity index (χ2n) is 4.91. The number of nitro benzene ring substituents is 1. The van der Waals surface area contributed by atoms with Gasteiger partial charge < -0.3 is 4.74 Å². The Morgan fingerprint density at radius 1 is 1.32 bits per heavy atom. The van der Waals surface area contributed by atoms with Crippen molar-refractivity contribution in [3.63, 3.8) is 0 Å². The molecular weight excluding hydrogens is 246 g/mol. The van der Waals surface area contributed by atoms with Crippen LogP contribution < -0.4 is 4.74 Å². The Labute approximate surface area is 111 Å². The van der Waals surface area contributed by atoms with E-state index in [1.54, 1.807) is 0 Å². The van der Waals surface area contributed by atoms with Crippen molar-refractivity contribution in [3.8, 4) is 5.75 Å². The smallest absolute Gasteiger partial charge is 0.270 e. The quantitative estimate of drug-likeness (QED) is 0.464. The SMILES string of the molecule is O=Cc1cc([N+](=O)[O-])ccc1OCC1CCCCC1. The molecule has 0 heterocycles. The molecule has 102 valence electrons. The topological polar surface area (TPSA) is 69.4 Å². The highest BCUT2D eigenvalue weighted by Gasteiger charge is 2.16. The molecule has 0 aliphatic heterocycles. The Hall–Kier alpha value is -1.91. The number of aldehydes is 1. The molecular formula is C14H17NO4. The predicted octanol–water partition coefficient (Wildman–Crippen LogP) is 3.37. The summed E-state index contributed by atoms with van der Waals surface area (Å²) in [5, 5.41) is 10.6. The molecule has 0 aromatic heterocycles. The third kappa shape index (κ3) is 3.53. The molecule has 1 aliphatic rings. The van der Waals surface area contributed by atoms with E-state index in [9.17, 15) is 14.9 Å². The van der Waals surface area contributed by atoms with Crippen LogP contribution in [0.3, 0.4) is 0 Å². The van der Waals surface area contributed by atoms with Crippen molar-refractivity contribution in [1.29, 1.82) is 0 Å². The van der Waals surface area contributed by atoms with Gasteiger partial charge in [0.05, 0.1) is 17.1 Å². The third-order valence-corrected chi connectivity index (χ3v) is 3.53. The summed E-state index contributed by atoms with van der Waals surface area (Å²) in [7, 11) is 0. The normalized spacial score (nSPS) is 16.0. The number of carbonyl (C=O) groups excluding carboxylic acids is 1. The zero-order valence-corrected chi connectivity index (χ0v) is 10.7. The molecule has 2 rings (SSSR count). The summed E-state index contributed by atoms with van der Waals surface area (Å²) in [6.45, 7) is 0.582. The van der Waals surface area contributed by atoms with E-state index in [-0.39, 0.29) is 11.3 Å². The van der Waals surface area contributed by atoms with Gasteiger partial charge in [0.1, 0.15) is 5.75 Å². The molecule has 1 aromatic carbocycles. The van der Waals surface area contributed by atoms with Crippen LogP contribution >= 0.6 is 0 Å². The van der Waals surface area contributed by atoms with Crippen molar-refractivity contribution in [1.82, 2.24) is 0 Å². The summed E-state index contributed by atoms with van der Waals surface area (Å²) in [4.78, 5) is 21.1. The molecule has 0 saturated heterocycles. The molecule has 0 radical (unpaired) electrons. The first-order valence-corrected chi connectivity index (χ1v) is 6.57. The van der Waals surface area contributed by atoms with Crippen LogP contribution in [0, 0.1) is 16.0 Å². The van der Waals surface area contributed by atoms with Gasteiger partial charge in [-0.15, -0.1) is 0 Å². The molecule has 0 unspecified atom stereocenters. The van der Waals surface area contributed by atoms with Gasteiger partial charge in [-0.05, 0) is 24.8 Å². The van der Waals surface area contributed by atoms with E-state index in [0.717, 1.165) is 12.8 Å². The van der Waals surface area contributed by atoms with Gasteiger partial charge in [0.25, 0.3) is 5.69 Å². The largest absolute Gasteiger partial charge is 0.493 e. The fourth-order valence-corrected chi connectivity index (χ4v) is 2.43. The van der Waals surface area contributed by atoms with Crippen LogP contribution in [0.4, 0.5) is 5.69 Å². The maximum Gasteiger partial charge on any atom is 0.270 e. The molecule has 1 saturated carbocycles. The van der Waals surface area contributed by atoms with E-state index in [4.69, 9.17) is 4.74 Å². The Morgan fingerprint density at radius 3 is 2.68 bits per heavy atom. The molecule has 1 fully saturated rings. The number of carbonyl (C=O) groups is 1. The Morgan fingerprint density at radius 2 is 2.05 bits per heavy atom. The molecule has 5 nitrogen and oxygen atoms in total. The predicted molar refractivity (Wildman–Crippen MR) is 70.6 cm³/mol. The van der Waals surface area contributed by atoms with E-state index in [1.165, 1.54) is 37.5 Å². The van der Waals surface area contributed by atoms with Crippen molar-refractivity contribution >= 4 is 12.0 Å². The van der Waals surface area contributed by atoms with Crippen LogP contribution in [0.2, 0.25) is 0 Å². The molecule has 0 N–H and O–H groups in total. The average molecular weight is 263 g/mol. The first-order chi connectivity index (χ1) is 9.20. The molecule has 0 bridgehead atoms. The Balaban J connectivity index is 2.02. The number of hydrogen-bond donors (Lipinski definition) is 0. The summed E-state index contributed by atoms with van der Waals surface area (Å²) in [6, 6.07) is 4.12. The summed E-state index contributed by atoms with van der Waals surface area (Å²) in [5.41, 5.74) is 0.150. The zero-order valence-electron chi connectivity index (χ0n) is 10.7. The van der Waals surface area contributed by atoms with Crippen LogP contribution in [0.1, 0.15) is 42.5 Å². The van der Waals surface area contributed by atoms with Gasteiger partial charge in [-0.2, -0.15) is 0 Å². The van der Waals surface area contributed by atoms with Crippen LogP contribution in [0.15, 0.2) is 18.2 Å². The fourth-order valence-electron chi connectivity index (χ4n) is 2.43. The summed E-state index contributed by atoms with van der Waals surface area (Å²) >= 11 is 0. The van der Waals surface area contributed by atoms with E-state index >= 15 is 0 Å². The molecule has 1 aromatic rings. The summed E-state index contributed by atoms with van der Waals surface area (Å²) in [5.74, 6) is 0.967. The first-order valence-electron chi connectivity index (χ1n) is 6.57. The van der Waals surface area contributed by atoms with Gasteiger partial charge in [-0.1, -0.05) is 19.3 Å². The first kappa shape index (κ1) is 13.5. The van der Waals surface area contributed by atoms with Gasteiger partial charge in [0.15, 0.2) is 6.29 Å². The van der Waals surface area contributed by atoms with Gasteiger partial charge in [0.2, 0.25) is 0 Å². The van der Waals surface area contributed by atoms with E-state index in [1.807, 2.05) is 0 Å². The van der Waals surface area contributed by atoms with Crippen molar-refractivity contribution < 1.29 is 14.5 Å². The molecule has 0 atom stereocenters. The van der Waals surface area contributed by atoms with Crippen molar-refractivity contribution in [2.45, 2.75) is 32.1 Å². The standard InChI is InChI=1S/C14H17NO4/c16-9-12-8-13(15(17)18)6-7-14(12)19-10-11-4-2-1-3-5-11/h6-9,11H,1-5,10H2. The lowest BCUT2D eigenvalue weighted by atomic mass is 9.90. The lowest BCUT2D eigenvalue weighted by Crippen LogP contribution is -2.15. The maximum absolute atomic E-state index is 11.0. The van der Waals surface area contributed by atoms with Crippen LogP contribution in [0.5, 0.6) is 5.75 Å². The number of ether oxygens (including phenoxy) is 1. The molecule has 0 spiro atoms. The van der Waals surface area contributed by atoms with Crippen LogP contribution in [-0.4, -0.2) is 17.8 Å². The van der Waals surface area contributed by atoms with E-state index in [0.29, 0.717) is 24.6 Å². The monoisotopic (exact) mass is 263 g/mol. The summed E-state index contributed by atoms with van der Waals surface area (Å²) in [6.07, 6.45) is 6.66. The van der Waals surface area contributed by atoms with Crippen molar-refractivity contribution in [3.05, 3.63) is 33.9 Å². The lowest BCUT2D eigenvalue weighted by Gasteiger charge is -2.21. The van der Waals surface area contributed by atoms with Gasteiger partial charge in [0, 0.05) is 12.1 Å². The second-order valence-corrected chi connectivity index (χ2v) is 4.91. The van der Waals surface area contributed by atoms with Crippen molar-refractivity contribution in [2.24, 2.45) is 5.92 Å². The number of benzene rings is 1. The highest BCUT2D eigenvalue weighted by molar-refractivity contribution is 5.80. The number of nitrogens with zero attached hydrogens (tertiary/aromatic N) is 1.